The van der Waals surface area contributed by atoms with Crippen molar-refractivity contribution >= 4 is 17.1 Å². The number of rotatable bonds is 2. The molecule has 0 unspecified atom stereocenters. The van der Waals surface area contributed by atoms with Gasteiger partial charge >= 0.3 is 5.69 Å². The molecule has 0 amide bonds. The maximum atomic E-state index is 12.9. The van der Waals surface area contributed by atoms with E-state index in [1.165, 1.54) is 4.68 Å². The summed E-state index contributed by atoms with van der Waals surface area (Å²) in [6, 6.07) is 7.28. The molecule has 0 atom stereocenters. The highest BCUT2D eigenvalue weighted by molar-refractivity contribution is 5.89. The van der Waals surface area contributed by atoms with Gasteiger partial charge in [-0.3, -0.25) is 4.40 Å². The van der Waals surface area contributed by atoms with E-state index in [0.717, 1.165) is 16.9 Å². The van der Waals surface area contributed by atoms with E-state index in [-0.39, 0.29) is 5.69 Å². The fourth-order valence-corrected chi connectivity index (χ4v) is 2.84. The third-order valence-corrected chi connectivity index (χ3v) is 4.09. The molecule has 1 aliphatic rings. The first-order valence-corrected chi connectivity index (χ1v) is 7.74. The molecule has 0 aliphatic carbocycles. The van der Waals surface area contributed by atoms with Crippen LogP contribution in [0.25, 0.3) is 11.3 Å². The molecule has 126 valence electrons. The number of aliphatic imine (C=N–C) groups is 1. The van der Waals surface area contributed by atoms with E-state index >= 15 is 0 Å². The largest absolute Gasteiger partial charge is 0.481 e. The minimum Gasteiger partial charge on any atom is -0.481 e. The van der Waals surface area contributed by atoms with Crippen LogP contribution in [0, 0.1) is 6.92 Å². The topological polar surface area (TPSA) is 77.0 Å². The monoisotopic (exact) mass is 336 g/mol. The van der Waals surface area contributed by atoms with Gasteiger partial charge < -0.3 is 9.64 Å². The molecule has 8 nitrogen and oxygen atoms in total. The lowest BCUT2D eigenvalue weighted by molar-refractivity contribution is 0.403. The SMILES string of the molecule is COC1=NCN(c2cc3cnn(-c4ccccn4)c(=O)n3c2C)C=C1. The van der Waals surface area contributed by atoms with Gasteiger partial charge in [-0.05, 0) is 25.1 Å². The summed E-state index contributed by atoms with van der Waals surface area (Å²) in [5, 5.41) is 4.24. The molecule has 8 heteroatoms. The lowest BCUT2D eigenvalue weighted by atomic mass is 10.3. The van der Waals surface area contributed by atoms with E-state index < -0.39 is 0 Å². The third-order valence-electron chi connectivity index (χ3n) is 4.09. The Bertz CT molecular complexity index is 1050. The molecule has 1 aliphatic heterocycles. The van der Waals surface area contributed by atoms with Crippen molar-refractivity contribution in [3.63, 3.8) is 0 Å². The smallest absolute Gasteiger partial charge is 0.355 e. The lowest BCUT2D eigenvalue weighted by Crippen LogP contribution is -2.28. The first-order chi connectivity index (χ1) is 12.2. The van der Waals surface area contributed by atoms with Crippen molar-refractivity contribution in [3.8, 4) is 5.82 Å². The number of aromatic nitrogens is 4. The number of ether oxygens (including phenoxy) is 1. The Morgan fingerprint density at radius 1 is 1.28 bits per heavy atom. The number of nitrogens with zero attached hydrogens (tertiary/aromatic N) is 6. The molecule has 0 spiro atoms. The van der Waals surface area contributed by atoms with Gasteiger partial charge in [-0.15, -0.1) is 0 Å². The molecule has 0 bridgehead atoms. The van der Waals surface area contributed by atoms with Crippen LogP contribution < -0.4 is 10.6 Å². The second-order valence-electron chi connectivity index (χ2n) is 5.53. The second kappa shape index (κ2) is 5.90. The molecule has 4 heterocycles. The van der Waals surface area contributed by atoms with Crippen LogP contribution in [0.5, 0.6) is 0 Å². The van der Waals surface area contributed by atoms with Crippen LogP contribution in [0.15, 0.2) is 58.7 Å². The minimum absolute atomic E-state index is 0.262. The summed E-state index contributed by atoms with van der Waals surface area (Å²) in [4.78, 5) is 23.4. The van der Waals surface area contributed by atoms with Gasteiger partial charge in [-0.1, -0.05) is 6.07 Å². The van der Waals surface area contributed by atoms with Crippen molar-refractivity contribution in [3.05, 3.63) is 65.1 Å². The molecule has 25 heavy (non-hydrogen) atoms. The highest BCUT2D eigenvalue weighted by Crippen LogP contribution is 2.25. The van der Waals surface area contributed by atoms with Crippen molar-refractivity contribution in [2.24, 2.45) is 4.99 Å². The fourth-order valence-electron chi connectivity index (χ4n) is 2.84. The first kappa shape index (κ1) is 15.1. The number of aryl methyl sites for hydroxylation is 1. The van der Waals surface area contributed by atoms with Gasteiger partial charge in [0.05, 0.1) is 24.5 Å². The summed E-state index contributed by atoms with van der Waals surface area (Å²) in [6.45, 7) is 2.33. The number of hydrogen-bond acceptors (Lipinski definition) is 6. The van der Waals surface area contributed by atoms with E-state index in [1.807, 2.05) is 30.2 Å². The summed E-state index contributed by atoms with van der Waals surface area (Å²) < 4.78 is 8.02. The van der Waals surface area contributed by atoms with E-state index in [0.29, 0.717) is 18.4 Å². The quantitative estimate of drug-likeness (QED) is 0.709. The van der Waals surface area contributed by atoms with E-state index in [4.69, 9.17) is 4.74 Å². The summed E-state index contributed by atoms with van der Waals surface area (Å²) in [6.07, 6.45) is 6.96. The zero-order valence-corrected chi connectivity index (χ0v) is 13.8. The lowest BCUT2D eigenvalue weighted by Gasteiger charge is -2.21. The molecule has 0 N–H and O–H groups in total. The van der Waals surface area contributed by atoms with Gasteiger partial charge in [-0.2, -0.15) is 9.78 Å². The van der Waals surface area contributed by atoms with E-state index in [9.17, 15) is 4.79 Å². The van der Waals surface area contributed by atoms with Crippen LogP contribution >= 0.6 is 0 Å². The van der Waals surface area contributed by atoms with Gasteiger partial charge in [0.1, 0.15) is 6.67 Å². The Hall–Kier alpha value is -3.42. The molecular weight excluding hydrogens is 320 g/mol. The maximum absolute atomic E-state index is 12.9. The van der Waals surface area contributed by atoms with Crippen LogP contribution in [0.2, 0.25) is 0 Å². The maximum Gasteiger partial charge on any atom is 0.355 e. The van der Waals surface area contributed by atoms with Gasteiger partial charge in [0.25, 0.3) is 0 Å². The standard InChI is InChI=1S/C17H16N6O2/c1-12-14(21-8-6-16(25-2)19-11-21)9-13-10-20-23(17(24)22(12)13)15-5-3-4-7-18-15/h3-10H,11H2,1-2H3. The van der Waals surface area contributed by atoms with Crippen LogP contribution in [-0.2, 0) is 4.74 Å². The summed E-state index contributed by atoms with van der Waals surface area (Å²) >= 11 is 0. The minimum atomic E-state index is -0.262. The molecule has 3 aromatic heterocycles. The molecule has 0 saturated heterocycles. The first-order valence-electron chi connectivity index (χ1n) is 7.74. The Morgan fingerprint density at radius 2 is 2.16 bits per heavy atom. The Labute approximate surface area is 143 Å². The Morgan fingerprint density at radius 3 is 2.84 bits per heavy atom. The molecule has 0 fully saturated rings. The number of anilines is 1. The highest BCUT2D eigenvalue weighted by atomic mass is 16.5. The summed E-state index contributed by atoms with van der Waals surface area (Å²) in [5.74, 6) is 1.06. The van der Waals surface area contributed by atoms with Crippen LogP contribution in [-0.4, -0.2) is 38.8 Å². The van der Waals surface area contributed by atoms with Crippen molar-refractivity contribution in [1.29, 1.82) is 0 Å². The number of hydrogen-bond donors (Lipinski definition) is 0. The van der Waals surface area contributed by atoms with Crippen molar-refractivity contribution in [2.75, 3.05) is 18.7 Å². The molecule has 4 rings (SSSR count). The second-order valence-corrected chi connectivity index (χ2v) is 5.53. The van der Waals surface area contributed by atoms with E-state index in [1.54, 1.807) is 42.1 Å². The number of fused-ring (bicyclic) bond motifs is 1. The Balaban J connectivity index is 1.82. The van der Waals surface area contributed by atoms with Gasteiger partial charge in [-0.25, -0.2) is 14.8 Å². The van der Waals surface area contributed by atoms with Crippen molar-refractivity contribution in [2.45, 2.75) is 6.92 Å². The number of methoxy groups -OCH3 is 1. The summed E-state index contributed by atoms with van der Waals surface area (Å²) in [7, 11) is 1.59. The van der Waals surface area contributed by atoms with Crippen molar-refractivity contribution < 1.29 is 4.74 Å². The summed E-state index contributed by atoms with van der Waals surface area (Å²) in [5.41, 5.74) is 2.17. The zero-order valence-electron chi connectivity index (χ0n) is 13.8. The molecule has 0 aromatic carbocycles. The van der Waals surface area contributed by atoms with Crippen molar-refractivity contribution in [1.82, 2.24) is 19.2 Å². The van der Waals surface area contributed by atoms with Crippen LogP contribution in [0.1, 0.15) is 5.69 Å². The van der Waals surface area contributed by atoms with Gasteiger partial charge in [0.2, 0.25) is 5.90 Å². The molecule has 0 radical (unpaired) electrons. The van der Waals surface area contributed by atoms with Crippen LogP contribution in [0.3, 0.4) is 0 Å². The van der Waals surface area contributed by atoms with Gasteiger partial charge in [0, 0.05) is 24.2 Å². The fraction of sp³-hybridized carbons (Fsp3) is 0.176. The molecular formula is C17H16N6O2. The zero-order chi connectivity index (χ0) is 17.4. The normalized spacial score (nSPS) is 14.0. The average molecular weight is 336 g/mol. The van der Waals surface area contributed by atoms with Gasteiger partial charge in [0.15, 0.2) is 5.82 Å². The van der Waals surface area contributed by atoms with E-state index in [2.05, 4.69) is 15.1 Å². The third kappa shape index (κ3) is 2.47. The molecule has 3 aromatic rings. The predicted molar refractivity (Wildman–Crippen MR) is 94.3 cm³/mol. The average Bonchev–Trinajstić information content (AvgIpc) is 3.00. The molecule has 0 saturated carbocycles. The number of pyridine rings is 1. The highest BCUT2D eigenvalue weighted by Gasteiger charge is 2.17. The van der Waals surface area contributed by atoms with Crippen LogP contribution in [0.4, 0.5) is 5.69 Å². The predicted octanol–water partition coefficient (Wildman–Crippen LogP) is 1.52. The Kier molecular flexibility index (Phi) is 3.57.